The average Bonchev–Trinajstić information content (AvgIpc) is 2.45. The molecule has 1 aliphatic carbocycles. The highest BCUT2D eigenvalue weighted by atomic mass is 16.5. The van der Waals surface area contributed by atoms with E-state index in [1.807, 2.05) is 0 Å². The maximum atomic E-state index is 6.01. The summed E-state index contributed by atoms with van der Waals surface area (Å²) in [5.74, 6) is 0. The topological polar surface area (TPSA) is 35.2 Å². The Morgan fingerprint density at radius 3 is 2.36 bits per heavy atom. The molecule has 1 fully saturated rings. The molecule has 1 rings (SSSR count). The fourth-order valence-corrected chi connectivity index (χ4v) is 1.73. The monoisotopic (exact) mass is 157 g/mol. The first-order chi connectivity index (χ1) is 4.97. The number of hydrogen-bond acceptors (Lipinski definition) is 2. The van der Waals surface area contributed by atoms with E-state index in [0.717, 1.165) is 13.0 Å². The Hall–Kier alpha value is -0.0800. The Kier molecular flexibility index (Phi) is 2.26. The number of hydrogen-bond donors (Lipinski definition) is 1. The molecule has 0 heterocycles. The number of nitrogens with two attached hydrogens (primary N) is 1. The van der Waals surface area contributed by atoms with Crippen LogP contribution in [0.25, 0.3) is 0 Å². The lowest BCUT2D eigenvalue weighted by Gasteiger charge is -2.26. The van der Waals surface area contributed by atoms with E-state index in [9.17, 15) is 0 Å². The third-order valence-corrected chi connectivity index (χ3v) is 2.26. The molecule has 0 spiro atoms. The fraction of sp³-hybridized carbons (Fsp3) is 1.00. The zero-order chi connectivity index (χ0) is 8.54. The maximum Gasteiger partial charge on any atom is 0.0514 e. The fourth-order valence-electron chi connectivity index (χ4n) is 1.73. The molecule has 0 aromatic carbocycles. The first kappa shape index (κ1) is 9.01. The van der Waals surface area contributed by atoms with Gasteiger partial charge >= 0.3 is 0 Å². The first-order valence-corrected chi connectivity index (χ1v) is 4.25. The highest BCUT2D eigenvalue weighted by Crippen LogP contribution is 2.42. The highest BCUT2D eigenvalue weighted by molar-refractivity contribution is 5.01. The molecule has 2 N–H and O–H groups in total. The molecule has 2 heteroatoms. The van der Waals surface area contributed by atoms with Crippen molar-refractivity contribution in [3.05, 3.63) is 0 Å². The van der Waals surface area contributed by atoms with Gasteiger partial charge in [-0.2, -0.15) is 0 Å². The van der Waals surface area contributed by atoms with Gasteiger partial charge < -0.3 is 10.5 Å². The predicted octanol–water partition coefficient (Wildman–Crippen LogP) is 1.54. The average molecular weight is 157 g/mol. The van der Waals surface area contributed by atoms with Gasteiger partial charge in [0.2, 0.25) is 0 Å². The van der Waals surface area contributed by atoms with Crippen LogP contribution in [0.5, 0.6) is 0 Å². The number of rotatable bonds is 4. The molecule has 66 valence electrons. The van der Waals surface area contributed by atoms with E-state index in [4.69, 9.17) is 10.5 Å². The zero-order valence-electron chi connectivity index (χ0n) is 7.81. The molecule has 0 aromatic heterocycles. The van der Waals surface area contributed by atoms with Crippen LogP contribution >= 0.6 is 0 Å². The maximum absolute atomic E-state index is 6.01. The summed E-state index contributed by atoms with van der Waals surface area (Å²) in [6.45, 7) is 5.23. The summed E-state index contributed by atoms with van der Waals surface area (Å²) in [5.41, 5.74) is 6.41. The van der Waals surface area contributed by atoms with E-state index >= 15 is 0 Å². The molecular formula is C9H19NO. The zero-order valence-corrected chi connectivity index (χ0v) is 7.81. The van der Waals surface area contributed by atoms with Gasteiger partial charge in [-0.1, -0.05) is 13.8 Å². The van der Waals surface area contributed by atoms with Gasteiger partial charge in [-0.15, -0.1) is 0 Å². The quantitative estimate of drug-likeness (QED) is 0.672. The lowest BCUT2D eigenvalue weighted by Crippen LogP contribution is -2.32. The molecule has 0 aromatic rings. The Bertz CT molecular complexity index is 138. The molecule has 0 unspecified atom stereocenters. The second-order valence-corrected chi connectivity index (χ2v) is 4.64. The lowest BCUT2D eigenvalue weighted by molar-refractivity contribution is 0.0910. The van der Waals surface area contributed by atoms with Gasteiger partial charge in [0.15, 0.2) is 0 Å². The highest BCUT2D eigenvalue weighted by Gasteiger charge is 2.42. The van der Waals surface area contributed by atoms with Crippen molar-refractivity contribution in [1.29, 1.82) is 0 Å². The van der Waals surface area contributed by atoms with Crippen molar-refractivity contribution in [3.63, 3.8) is 0 Å². The Labute approximate surface area is 69.1 Å². The third-order valence-electron chi connectivity index (χ3n) is 2.26. The van der Waals surface area contributed by atoms with Crippen molar-refractivity contribution in [2.24, 2.45) is 11.1 Å². The summed E-state index contributed by atoms with van der Waals surface area (Å²) in [5, 5.41) is 0. The summed E-state index contributed by atoms with van der Waals surface area (Å²) in [6, 6.07) is 0. The molecule has 0 amide bonds. The SMILES string of the molecule is COCC(C)(C)CC1(N)CC1. The van der Waals surface area contributed by atoms with E-state index in [-0.39, 0.29) is 11.0 Å². The standard InChI is InChI=1S/C9H19NO/c1-8(2,7-11-3)6-9(10)4-5-9/h4-7,10H2,1-3H3. The van der Waals surface area contributed by atoms with Crippen LogP contribution in [-0.2, 0) is 4.74 Å². The van der Waals surface area contributed by atoms with E-state index in [1.165, 1.54) is 12.8 Å². The summed E-state index contributed by atoms with van der Waals surface area (Å²) < 4.78 is 5.12. The molecule has 0 aliphatic heterocycles. The van der Waals surface area contributed by atoms with Crippen molar-refractivity contribution in [2.75, 3.05) is 13.7 Å². The molecule has 2 nitrogen and oxygen atoms in total. The van der Waals surface area contributed by atoms with E-state index < -0.39 is 0 Å². The minimum absolute atomic E-state index is 0.155. The number of ether oxygens (including phenoxy) is 1. The van der Waals surface area contributed by atoms with Crippen LogP contribution in [-0.4, -0.2) is 19.3 Å². The van der Waals surface area contributed by atoms with Gasteiger partial charge in [-0.3, -0.25) is 0 Å². The van der Waals surface area contributed by atoms with Crippen LogP contribution in [0.2, 0.25) is 0 Å². The second kappa shape index (κ2) is 2.76. The normalized spacial score (nSPS) is 21.8. The molecule has 0 atom stereocenters. The van der Waals surface area contributed by atoms with Gasteiger partial charge in [0, 0.05) is 12.6 Å². The van der Waals surface area contributed by atoms with Crippen molar-refractivity contribution in [2.45, 2.75) is 38.6 Å². The molecule has 0 saturated heterocycles. The summed E-state index contributed by atoms with van der Waals surface area (Å²) >= 11 is 0. The van der Waals surface area contributed by atoms with Crippen LogP contribution in [0.1, 0.15) is 33.1 Å². The van der Waals surface area contributed by atoms with Gasteiger partial charge in [-0.25, -0.2) is 0 Å². The lowest BCUT2D eigenvalue weighted by atomic mass is 9.86. The van der Waals surface area contributed by atoms with Crippen molar-refractivity contribution in [3.8, 4) is 0 Å². The molecule has 1 saturated carbocycles. The number of methoxy groups -OCH3 is 1. The summed E-state index contributed by atoms with van der Waals surface area (Å²) in [7, 11) is 1.75. The van der Waals surface area contributed by atoms with Crippen molar-refractivity contribution < 1.29 is 4.74 Å². The van der Waals surface area contributed by atoms with Crippen molar-refractivity contribution >= 4 is 0 Å². The third kappa shape index (κ3) is 2.80. The Morgan fingerprint density at radius 1 is 1.45 bits per heavy atom. The smallest absolute Gasteiger partial charge is 0.0514 e. The van der Waals surface area contributed by atoms with Crippen LogP contribution in [0.4, 0.5) is 0 Å². The summed E-state index contributed by atoms with van der Waals surface area (Å²) in [4.78, 5) is 0. The van der Waals surface area contributed by atoms with Crippen LogP contribution in [0, 0.1) is 5.41 Å². The largest absolute Gasteiger partial charge is 0.384 e. The van der Waals surface area contributed by atoms with Crippen molar-refractivity contribution in [1.82, 2.24) is 0 Å². The van der Waals surface area contributed by atoms with Gasteiger partial charge in [-0.05, 0) is 24.7 Å². The Morgan fingerprint density at radius 2 is 2.00 bits per heavy atom. The van der Waals surface area contributed by atoms with Crippen LogP contribution in [0.3, 0.4) is 0 Å². The second-order valence-electron chi connectivity index (χ2n) is 4.64. The van der Waals surface area contributed by atoms with Gasteiger partial charge in [0.05, 0.1) is 6.61 Å². The van der Waals surface area contributed by atoms with E-state index in [1.54, 1.807) is 7.11 Å². The minimum Gasteiger partial charge on any atom is -0.384 e. The van der Waals surface area contributed by atoms with E-state index in [0.29, 0.717) is 0 Å². The van der Waals surface area contributed by atoms with E-state index in [2.05, 4.69) is 13.8 Å². The predicted molar refractivity (Wildman–Crippen MR) is 46.4 cm³/mol. The molecule has 1 aliphatic rings. The Balaban J connectivity index is 2.33. The molecular weight excluding hydrogens is 138 g/mol. The van der Waals surface area contributed by atoms with Gasteiger partial charge in [0.1, 0.15) is 0 Å². The summed E-state index contributed by atoms with van der Waals surface area (Å²) in [6.07, 6.45) is 3.48. The van der Waals surface area contributed by atoms with Crippen LogP contribution in [0.15, 0.2) is 0 Å². The molecule has 11 heavy (non-hydrogen) atoms. The molecule has 0 radical (unpaired) electrons. The van der Waals surface area contributed by atoms with Gasteiger partial charge in [0.25, 0.3) is 0 Å². The van der Waals surface area contributed by atoms with Crippen LogP contribution < -0.4 is 5.73 Å². The molecule has 0 bridgehead atoms. The minimum atomic E-state index is 0.155. The first-order valence-electron chi connectivity index (χ1n) is 4.25.